The molecule has 0 saturated heterocycles. The number of carbonyl (C=O) groups excluding carboxylic acids is 1. The Hall–Kier alpha value is -4.83. The second-order valence-electron chi connectivity index (χ2n) is 8.33. The van der Waals surface area contributed by atoms with Crippen LogP contribution in [0.3, 0.4) is 0 Å². The second kappa shape index (κ2) is 10.3. The Morgan fingerprint density at radius 3 is 2.61 bits per heavy atom. The van der Waals surface area contributed by atoms with Gasteiger partial charge in [0.15, 0.2) is 5.82 Å². The SMILES string of the molecule is CCNC(=O)/C=C1\N=C(c2ccc(Cl)cc2)c2cc(Oc3cccc([N+](=O)[O-])c3)ccc2-n2c(C)nnc21. The number of nitro benzene ring substituents is 1. The van der Waals surface area contributed by atoms with Crippen molar-refractivity contribution in [2.24, 2.45) is 4.99 Å². The van der Waals surface area contributed by atoms with Crippen LogP contribution in [0.1, 0.15) is 29.7 Å². The zero-order valence-corrected chi connectivity index (χ0v) is 21.1. The molecule has 1 aliphatic rings. The Balaban J connectivity index is 1.70. The molecule has 0 radical (unpaired) electrons. The number of rotatable bonds is 6. The lowest BCUT2D eigenvalue weighted by molar-refractivity contribution is -0.384. The number of nitrogens with one attached hydrogen (secondary N) is 1. The average molecular weight is 529 g/mol. The standard InChI is InChI=1S/C27H21ClN6O4/c1-3-29-25(35)15-23-27-32-31-16(2)33(27)24-12-11-21(38-20-6-4-5-19(13-20)34(36)37)14-22(24)26(30-23)17-7-9-18(28)10-8-17/h4-15H,3H2,1-2H3,(H,29,35)/b23-15-. The normalized spacial score (nSPS) is 13.2. The van der Waals surface area contributed by atoms with E-state index in [-0.39, 0.29) is 11.6 Å². The van der Waals surface area contributed by atoms with Gasteiger partial charge in [0.1, 0.15) is 23.0 Å². The van der Waals surface area contributed by atoms with Crippen molar-refractivity contribution in [3.8, 4) is 17.2 Å². The highest BCUT2D eigenvalue weighted by molar-refractivity contribution is 6.30. The summed E-state index contributed by atoms with van der Waals surface area (Å²) in [5, 5.41) is 23.1. The van der Waals surface area contributed by atoms with Gasteiger partial charge in [-0.1, -0.05) is 29.8 Å². The van der Waals surface area contributed by atoms with Crippen molar-refractivity contribution in [2.75, 3.05) is 6.54 Å². The summed E-state index contributed by atoms with van der Waals surface area (Å²) in [7, 11) is 0. The van der Waals surface area contributed by atoms with Crippen molar-refractivity contribution in [1.82, 2.24) is 20.1 Å². The molecule has 1 N–H and O–H groups in total. The molecular formula is C27H21ClN6O4. The lowest BCUT2D eigenvalue weighted by Gasteiger charge is -2.14. The van der Waals surface area contributed by atoms with Crippen LogP contribution in [0.5, 0.6) is 11.5 Å². The van der Waals surface area contributed by atoms with Gasteiger partial charge in [-0.25, -0.2) is 4.99 Å². The summed E-state index contributed by atoms with van der Waals surface area (Å²) in [5.41, 5.74) is 2.97. The number of carbonyl (C=O) groups is 1. The summed E-state index contributed by atoms with van der Waals surface area (Å²) in [5.74, 6) is 1.45. The molecular weight excluding hydrogens is 508 g/mol. The fourth-order valence-corrected chi connectivity index (χ4v) is 4.21. The maximum atomic E-state index is 12.5. The van der Waals surface area contributed by atoms with Crippen LogP contribution in [0.25, 0.3) is 11.4 Å². The van der Waals surface area contributed by atoms with Crippen LogP contribution < -0.4 is 10.1 Å². The van der Waals surface area contributed by atoms with Crippen molar-refractivity contribution in [3.05, 3.63) is 111 Å². The highest BCUT2D eigenvalue weighted by Crippen LogP contribution is 2.34. The molecule has 38 heavy (non-hydrogen) atoms. The first-order valence-corrected chi connectivity index (χ1v) is 12.1. The molecule has 10 nitrogen and oxygen atoms in total. The van der Waals surface area contributed by atoms with E-state index in [0.29, 0.717) is 51.7 Å². The first kappa shape index (κ1) is 24.8. The number of fused-ring (bicyclic) bond motifs is 3. The fraction of sp³-hybridized carbons (Fsp3) is 0.111. The van der Waals surface area contributed by atoms with E-state index in [0.717, 1.165) is 11.3 Å². The minimum atomic E-state index is -0.478. The third-order valence-electron chi connectivity index (χ3n) is 5.75. The van der Waals surface area contributed by atoms with Crippen LogP contribution in [-0.4, -0.2) is 37.9 Å². The molecule has 1 aliphatic heterocycles. The van der Waals surface area contributed by atoms with Gasteiger partial charge in [-0.15, -0.1) is 10.2 Å². The number of nitrogens with zero attached hydrogens (tertiary/aromatic N) is 5. The topological polar surface area (TPSA) is 125 Å². The number of aromatic nitrogens is 3. The first-order chi connectivity index (χ1) is 18.3. The number of aliphatic imine (C=N–C) groups is 1. The van der Waals surface area contributed by atoms with Crippen LogP contribution in [-0.2, 0) is 4.79 Å². The van der Waals surface area contributed by atoms with Gasteiger partial charge in [0.2, 0.25) is 5.91 Å². The number of ether oxygens (including phenoxy) is 1. The molecule has 2 heterocycles. The zero-order valence-electron chi connectivity index (χ0n) is 20.4. The van der Waals surface area contributed by atoms with Crippen molar-refractivity contribution < 1.29 is 14.5 Å². The van der Waals surface area contributed by atoms with E-state index >= 15 is 0 Å². The molecule has 3 aromatic carbocycles. The minimum Gasteiger partial charge on any atom is -0.457 e. The number of hydrogen-bond donors (Lipinski definition) is 1. The van der Waals surface area contributed by atoms with Gasteiger partial charge in [-0.05, 0) is 50.2 Å². The van der Waals surface area contributed by atoms with Gasteiger partial charge in [0.25, 0.3) is 5.69 Å². The molecule has 0 bridgehead atoms. The molecule has 0 unspecified atom stereocenters. The van der Waals surface area contributed by atoms with E-state index < -0.39 is 4.92 Å². The molecule has 0 atom stereocenters. The van der Waals surface area contributed by atoms with Crippen molar-refractivity contribution >= 4 is 34.6 Å². The highest BCUT2D eigenvalue weighted by Gasteiger charge is 2.26. The predicted molar refractivity (Wildman–Crippen MR) is 143 cm³/mol. The minimum absolute atomic E-state index is 0.0782. The van der Waals surface area contributed by atoms with Crippen molar-refractivity contribution in [1.29, 1.82) is 0 Å². The summed E-state index contributed by atoms with van der Waals surface area (Å²) in [4.78, 5) is 28.1. The Morgan fingerprint density at radius 1 is 1.11 bits per heavy atom. The number of hydrogen-bond acceptors (Lipinski definition) is 7. The molecule has 1 amide bonds. The second-order valence-corrected chi connectivity index (χ2v) is 8.77. The Labute approximate surface area is 222 Å². The van der Waals surface area contributed by atoms with Gasteiger partial charge in [0.05, 0.1) is 22.4 Å². The van der Waals surface area contributed by atoms with Crippen LogP contribution in [0.2, 0.25) is 5.02 Å². The van der Waals surface area contributed by atoms with Gasteiger partial charge in [-0.2, -0.15) is 0 Å². The van der Waals surface area contributed by atoms with E-state index in [1.165, 1.54) is 18.2 Å². The Kier molecular flexibility index (Phi) is 6.71. The van der Waals surface area contributed by atoms with Gasteiger partial charge in [-0.3, -0.25) is 19.5 Å². The Morgan fingerprint density at radius 2 is 1.87 bits per heavy atom. The number of aryl methyl sites for hydroxylation is 1. The maximum Gasteiger partial charge on any atom is 0.273 e. The number of likely N-dealkylation sites (N-methyl/N-ethyl adjacent to an activating group) is 1. The fourth-order valence-electron chi connectivity index (χ4n) is 4.08. The largest absolute Gasteiger partial charge is 0.457 e. The molecule has 5 rings (SSSR count). The molecule has 0 saturated carbocycles. The summed E-state index contributed by atoms with van der Waals surface area (Å²) in [6.07, 6.45) is 1.39. The number of amides is 1. The van der Waals surface area contributed by atoms with Crippen LogP contribution in [0.15, 0.2) is 77.8 Å². The molecule has 0 fully saturated rings. The van der Waals surface area contributed by atoms with Crippen LogP contribution >= 0.6 is 11.6 Å². The predicted octanol–water partition coefficient (Wildman–Crippen LogP) is 5.26. The number of halogens is 1. The highest BCUT2D eigenvalue weighted by atomic mass is 35.5. The number of nitro groups is 1. The van der Waals surface area contributed by atoms with Gasteiger partial charge in [0, 0.05) is 34.8 Å². The van der Waals surface area contributed by atoms with E-state index in [9.17, 15) is 14.9 Å². The van der Waals surface area contributed by atoms with E-state index in [4.69, 9.17) is 21.3 Å². The smallest absolute Gasteiger partial charge is 0.273 e. The molecule has 4 aromatic rings. The lowest BCUT2D eigenvalue weighted by Crippen LogP contribution is -2.20. The number of non-ortho nitro benzene ring substituents is 1. The summed E-state index contributed by atoms with van der Waals surface area (Å²) < 4.78 is 7.83. The molecule has 190 valence electrons. The van der Waals surface area contributed by atoms with Crippen LogP contribution in [0, 0.1) is 17.0 Å². The van der Waals surface area contributed by atoms with E-state index in [1.807, 2.05) is 36.6 Å². The summed E-state index contributed by atoms with van der Waals surface area (Å²) in [6.45, 7) is 4.10. The lowest BCUT2D eigenvalue weighted by atomic mass is 10.00. The molecule has 0 spiro atoms. The third-order valence-corrected chi connectivity index (χ3v) is 6.00. The summed E-state index contributed by atoms with van der Waals surface area (Å²) >= 11 is 6.15. The quantitative estimate of drug-likeness (QED) is 0.207. The van der Waals surface area contributed by atoms with E-state index in [1.54, 1.807) is 36.4 Å². The summed E-state index contributed by atoms with van der Waals surface area (Å²) in [6, 6.07) is 18.5. The van der Waals surface area contributed by atoms with Gasteiger partial charge < -0.3 is 10.1 Å². The first-order valence-electron chi connectivity index (χ1n) is 11.7. The zero-order chi connectivity index (χ0) is 26.8. The number of benzene rings is 3. The molecule has 11 heteroatoms. The van der Waals surface area contributed by atoms with Crippen molar-refractivity contribution in [3.63, 3.8) is 0 Å². The average Bonchev–Trinajstić information content (AvgIpc) is 3.22. The monoisotopic (exact) mass is 528 g/mol. The van der Waals surface area contributed by atoms with E-state index in [2.05, 4.69) is 15.5 Å². The molecule has 0 aliphatic carbocycles. The molecule has 1 aromatic heterocycles. The maximum absolute atomic E-state index is 12.5. The van der Waals surface area contributed by atoms with Crippen molar-refractivity contribution in [2.45, 2.75) is 13.8 Å². The third kappa shape index (κ3) is 4.89. The Bertz CT molecular complexity index is 1630. The van der Waals surface area contributed by atoms with Crippen LogP contribution in [0.4, 0.5) is 5.69 Å². The van der Waals surface area contributed by atoms with Gasteiger partial charge >= 0.3 is 0 Å².